The zero-order valence-corrected chi connectivity index (χ0v) is 8.59. The van der Waals surface area contributed by atoms with Crippen molar-refractivity contribution in [1.29, 1.82) is 0 Å². The maximum Gasteiger partial charge on any atom is 0.333 e. The van der Waals surface area contributed by atoms with Gasteiger partial charge in [-0.15, -0.1) is 0 Å². The van der Waals surface area contributed by atoms with E-state index >= 15 is 0 Å². The lowest BCUT2D eigenvalue weighted by atomic mass is 10.2. The first-order valence-electron chi connectivity index (χ1n) is 4.51. The van der Waals surface area contributed by atoms with Crippen molar-refractivity contribution in [1.82, 2.24) is 0 Å². The molecule has 0 aliphatic carbocycles. The molecule has 0 atom stereocenters. The van der Waals surface area contributed by atoms with Crippen molar-refractivity contribution >= 4 is 5.97 Å². The van der Waals surface area contributed by atoms with Gasteiger partial charge in [-0.1, -0.05) is 5.57 Å². The summed E-state index contributed by atoms with van der Waals surface area (Å²) in [5.41, 5.74) is 1.65. The highest BCUT2D eigenvalue weighted by molar-refractivity contribution is 5.88. The normalized spacial score (nSPS) is 9.54. The molecule has 3 heteroatoms. The number of aliphatic hydroxyl groups excluding tert-OH is 1. The number of hydrogen-bond acceptors (Lipinski definition) is 3. The second kappa shape index (κ2) is 6.66. The predicted octanol–water partition coefficient (Wildman–Crippen LogP) is 1.66. The summed E-state index contributed by atoms with van der Waals surface area (Å²) >= 11 is 0. The minimum absolute atomic E-state index is 0.152. The summed E-state index contributed by atoms with van der Waals surface area (Å²) in [6.45, 7) is 6.06. The van der Waals surface area contributed by atoms with Crippen LogP contribution in [-0.2, 0) is 9.53 Å². The van der Waals surface area contributed by atoms with Gasteiger partial charge in [0.1, 0.15) is 0 Å². The van der Waals surface area contributed by atoms with Crippen molar-refractivity contribution in [3.05, 3.63) is 11.1 Å². The molecule has 0 saturated heterocycles. The molecular formula is C10H18O3. The summed E-state index contributed by atoms with van der Waals surface area (Å²) in [5.74, 6) is -0.252. The Hall–Kier alpha value is -0.830. The van der Waals surface area contributed by atoms with Crippen LogP contribution < -0.4 is 0 Å². The number of aliphatic hydroxyl groups is 1. The summed E-state index contributed by atoms with van der Waals surface area (Å²) in [7, 11) is 0. The molecule has 0 aliphatic heterocycles. The van der Waals surface area contributed by atoms with Crippen LogP contribution in [0.5, 0.6) is 0 Å². The Labute approximate surface area is 79.4 Å². The molecule has 0 aliphatic rings. The molecule has 1 N–H and O–H groups in total. The number of unbranched alkanes of at least 4 members (excludes halogenated alkanes) is 1. The number of allylic oxidation sites excluding steroid dienone is 1. The number of hydrogen-bond donors (Lipinski definition) is 1. The summed E-state index contributed by atoms with van der Waals surface area (Å²) in [6, 6.07) is 0. The number of carbonyl (C=O) groups excluding carboxylic acids is 1. The van der Waals surface area contributed by atoms with Crippen molar-refractivity contribution in [2.75, 3.05) is 13.2 Å². The molecule has 0 aromatic rings. The van der Waals surface area contributed by atoms with Gasteiger partial charge >= 0.3 is 5.97 Å². The second-order valence-corrected chi connectivity index (χ2v) is 3.19. The van der Waals surface area contributed by atoms with Crippen LogP contribution >= 0.6 is 0 Å². The van der Waals surface area contributed by atoms with Crippen LogP contribution in [0.15, 0.2) is 11.1 Å². The van der Waals surface area contributed by atoms with E-state index < -0.39 is 0 Å². The van der Waals surface area contributed by atoms with Crippen molar-refractivity contribution in [3.63, 3.8) is 0 Å². The summed E-state index contributed by atoms with van der Waals surface area (Å²) < 4.78 is 4.96. The van der Waals surface area contributed by atoms with E-state index in [-0.39, 0.29) is 12.6 Å². The predicted molar refractivity (Wildman–Crippen MR) is 51.3 cm³/mol. The van der Waals surface area contributed by atoms with Crippen LogP contribution in [0.3, 0.4) is 0 Å². The SMILES string of the molecule is CC(C)=C(C)C(=O)OCCCCO. The largest absolute Gasteiger partial charge is 0.462 e. The van der Waals surface area contributed by atoms with Gasteiger partial charge in [0.15, 0.2) is 0 Å². The molecule has 3 nitrogen and oxygen atoms in total. The zero-order valence-electron chi connectivity index (χ0n) is 8.59. The van der Waals surface area contributed by atoms with Gasteiger partial charge in [0.05, 0.1) is 6.61 Å². The number of carbonyl (C=O) groups is 1. The first kappa shape index (κ1) is 12.2. The van der Waals surface area contributed by atoms with Crippen LogP contribution in [0.1, 0.15) is 33.6 Å². The smallest absolute Gasteiger partial charge is 0.333 e. The third-order valence-corrected chi connectivity index (χ3v) is 1.84. The van der Waals surface area contributed by atoms with Gasteiger partial charge < -0.3 is 9.84 Å². The fourth-order valence-corrected chi connectivity index (χ4v) is 0.691. The maximum atomic E-state index is 11.2. The lowest BCUT2D eigenvalue weighted by Crippen LogP contribution is -2.08. The Morgan fingerprint density at radius 1 is 1.23 bits per heavy atom. The molecule has 0 amide bonds. The Bertz CT molecular complexity index is 190. The van der Waals surface area contributed by atoms with Crippen molar-refractivity contribution in [2.24, 2.45) is 0 Å². The van der Waals surface area contributed by atoms with Crippen molar-refractivity contribution < 1.29 is 14.6 Å². The molecule has 0 aromatic carbocycles. The van der Waals surface area contributed by atoms with Crippen molar-refractivity contribution in [2.45, 2.75) is 33.6 Å². The quantitative estimate of drug-likeness (QED) is 0.403. The minimum Gasteiger partial charge on any atom is -0.462 e. The molecule has 0 radical (unpaired) electrons. The van der Waals surface area contributed by atoms with Crippen LogP contribution in [0, 0.1) is 0 Å². The van der Waals surface area contributed by atoms with Gasteiger partial charge in [-0.2, -0.15) is 0 Å². The Kier molecular flexibility index (Phi) is 6.24. The van der Waals surface area contributed by atoms with E-state index in [1.807, 2.05) is 13.8 Å². The molecular weight excluding hydrogens is 168 g/mol. The minimum atomic E-state index is -0.252. The van der Waals surface area contributed by atoms with E-state index in [0.29, 0.717) is 18.6 Å². The standard InChI is InChI=1S/C10H18O3/c1-8(2)9(3)10(12)13-7-5-4-6-11/h11H,4-7H2,1-3H3. The average Bonchev–Trinajstić information content (AvgIpc) is 2.10. The van der Waals surface area contributed by atoms with Gasteiger partial charge in [-0.25, -0.2) is 4.79 Å². The fraction of sp³-hybridized carbons (Fsp3) is 0.700. The summed E-state index contributed by atoms with van der Waals surface area (Å²) in [6.07, 6.45) is 1.40. The molecule has 0 spiro atoms. The van der Waals surface area contributed by atoms with E-state index in [9.17, 15) is 4.79 Å². The number of esters is 1. The van der Waals surface area contributed by atoms with E-state index in [1.54, 1.807) is 6.92 Å². The topological polar surface area (TPSA) is 46.5 Å². The van der Waals surface area contributed by atoms with Gasteiger partial charge in [-0.05, 0) is 33.6 Å². The van der Waals surface area contributed by atoms with E-state index in [1.165, 1.54) is 0 Å². The second-order valence-electron chi connectivity index (χ2n) is 3.19. The van der Waals surface area contributed by atoms with Crippen LogP contribution in [0.4, 0.5) is 0 Å². The third-order valence-electron chi connectivity index (χ3n) is 1.84. The molecule has 0 rings (SSSR count). The molecule has 13 heavy (non-hydrogen) atoms. The number of rotatable bonds is 5. The lowest BCUT2D eigenvalue weighted by molar-refractivity contribution is -0.139. The summed E-state index contributed by atoms with van der Waals surface area (Å²) in [4.78, 5) is 11.2. The van der Waals surface area contributed by atoms with Gasteiger partial charge in [0.2, 0.25) is 0 Å². The first-order valence-corrected chi connectivity index (χ1v) is 4.51. The van der Waals surface area contributed by atoms with Gasteiger partial charge in [0.25, 0.3) is 0 Å². The molecule has 0 aromatic heterocycles. The Morgan fingerprint density at radius 3 is 2.31 bits per heavy atom. The van der Waals surface area contributed by atoms with Crippen LogP contribution in [-0.4, -0.2) is 24.3 Å². The zero-order chi connectivity index (χ0) is 10.3. The monoisotopic (exact) mass is 186 g/mol. The third kappa shape index (κ3) is 5.42. The molecule has 76 valence electrons. The van der Waals surface area contributed by atoms with E-state index in [0.717, 1.165) is 12.0 Å². The molecule has 0 saturated carbocycles. The van der Waals surface area contributed by atoms with E-state index in [2.05, 4.69) is 0 Å². The van der Waals surface area contributed by atoms with Gasteiger partial charge in [0, 0.05) is 12.2 Å². The molecule has 0 heterocycles. The molecule has 0 unspecified atom stereocenters. The van der Waals surface area contributed by atoms with Crippen LogP contribution in [0.25, 0.3) is 0 Å². The van der Waals surface area contributed by atoms with Gasteiger partial charge in [-0.3, -0.25) is 0 Å². The Balaban J connectivity index is 3.70. The number of ether oxygens (including phenoxy) is 1. The maximum absolute atomic E-state index is 11.2. The highest BCUT2D eigenvalue weighted by atomic mass is 16.5. The van der Waals surface area contributed by atoms with Crippen LogP contribution in [0.2, 0.25) is 0 Å². The lowest BCUT2D eigenvalue weighted by Gasteiger charge is -2.05. The highest BCUT2D eigenvalue weighted by Gasteiger charge is 2.05. The van der Waals surface area contributed by atoms with E-state index in [4.69, 9.17) is 9.84 Å². The Morgan fingerprint density at radius 2 is 1.85 bits per heavy atom. The molecule has 0 fully saturated rings. The highest BCUT2D eigenvalue weighted by Crippen LogP contribution is 2.04. The summed E-state index contributed by atoms with van der Waals surface area (Å²) in [5, 5.41) is 8.48. The molecule has 0 bridgehead atoms. The fourth-order valence-electron chi connectivity index (χ4n) is 0.691. The van der Waals surface area contributed by atoms with Crippen molar-refractivity contribution in [3.8, 4) is 0 Å². The average molecular weight is 186 g/mol. The first-order chi connectivity index (χ1) is 6.09.